The van der Waals surface area contributed by atoms with Crippen LogP contribution < -0.4 is 35.8 Å². The smallest absolute Gasteiger partial charge is 0.262 e. The first-order valence-corrected chi connectivity index (χ1v) is 30.4. The van der Waals surface area contributed by atoms with Crippen molar-refractivity contribution in [1.82, 2.24) is 39.8 Å². The number of amides is 4. The number of hydrogen-bond donors (Lipinski definition) is 3. The highest BCUT2D eigenvalue weighted by atomic mass is 35.5. The molecule has 0 radical (unpaired) electrons. The summed E-state index contributed by atoms with van der Waals surface area (Å²) in [7, 11) is 0.858. The number of piperazine rings is 1. The molecule has 6 aliphatic rings. The van der Waals surface area contributed by atoms with E-state index in [4.69, 9.17) is 21.3 Å². The van der Waals surface area contributed by atoms with Crippen molar-refractivity contribution in [3.8, 4) is 28.0 Å². The van der Waals surface area contributed by atoms with E-state index >= 15 is 0 Å². The van der Waals surface area contributed by atoms with Gasteiger partial charge >= 0.3 is 0 Å². The van der Waals surface area contributed by atoms with Crippen LogP contribution in [-0.4, -0.2) is 149 Å². The van der Waals surface area contributed by atoms with Crippen molar-refractivity contribution < 1.29 is 28.5 Å². The van der Waals surface area contributed by atoms with Gasteiger partial charge in [0, 0.05) is 118 Å². The van der Waals surface area contributed by atoms with E-state index in [1.807, 2.05) is 84.8 Å². The number of anilines is 6. The number of aromatic nitrogens is 4. The molecule has 3 N–H and O–H groups in total. The average Bonchev–Trinajstić information content (AvgIpc) is 4.21. The lowest BCUT2D eigenvalue weighted by molar-refractivity contribution is -0.136. The predicted molar refractivity (Wildman–Crippen MR) is 308 cm³/mol. The van der Waals surface area contributed by atoms with Crippen LogP contribution in [0.4, 0.5) is 34.5 Å². The van der Waals surface area contributed by atoms with Gasteiger partial charge in [-0.1, -0.05) is 48.0 Å². The molecule has 4 amide bonds. The molecule has 79 heavy (non-hydrogen) atoms. The van der Waals surface area contributed by atoms with Crippen LogP contribution in [0.5, 0.6) is 5.75 Å². The second kappa shape index (κ2) is 21.2. The van der Waals surface area contributed by atoms with Gasteiger partial charge in [-0.25, -0.2) is 4.98 Å². The summed E-state index contributed by atoms with van der Waals surface area (Å²) in [6, 6.07) is 25.7. The van der Waals surface area contributed by atoms with E-state index in [2.05, 4.69) is 57.8 Å². The number of carbonyl (C=O) groups excluding carboxylic acids is 4. The van der Waals surface area contributed by atoms with Gasteiger partial charge < -0.3 is 29.7 Å². The van der Waals surface area contributed by atoms with Gasteiger partial charge in [0.1, 0.15) is 24.0 Å². The average molecular weight is 1110 g/mol. The van der Waals surface area contributed by atoms with E-state index in [0.717, 1.165) is 117 Å². The number of fused-ring (bicyclic) bond motifs is 1. The number of piperidine rings is 3. The Morgan fingerprint density at radius 3 is 2.13 bits per heavy atom. The van der Waals surface area contributed by atoms with Crippen LogP contribution in [0.2, 0.25) is 5.02 Å². The number of hydrogen-bond acceptors (Lipinski definition) is 15. The minimum atomic E-state index is -2.74. The molecule has 4 saturated heterocycles. The number of aryl methyl sites for hydroxylation is 1. The number of imide groups is 2. The van der Waals surface area contributed by atoms with Gasteiger partial charge in [0.25, 0.3) is 11.8 Å². The molecule has 1 atom stereocenters. The molecule has 2 aromatic heterocycles. The molecule has 7 heterocycles. The van der Waals surface area contributed by atoms with Gasteiger partial charge in [-0.3, -0.25) is 43.9 Å². The minimum Gasteiger partial charge on any atom is -0.494 e. The Hall–Kier alpha value is -7.11. The van der Waals surface area contributed by atoms with Gasteiger partial charge in [0.05, 0.1) is 42.0 Å². The Morgan fingerprint density at radius 2 is 1.44 bits per heavy atom. The van der Waals surface area contributed by atoms with E-state index in [-0.39, 0.29) is 18.7 Å². The standard InChI is InChI=1S/C59H66ClN12O6P/c1-67-36-39(34-62-67)44-30-48(64-58-61-35-46(60)54(66-58)63-47-13-10-38(28-52(47)79(3,4)77)37-8-6-5-7-9-37)51(78-2)31-50(44)71-20-16-40(17-21-71)69-24-26-70(27-25-69)42-32-59(33-42)18-22-68(23-19-59)41-11-12-43-45(29-41)57(76)72(56(43)75)49-14-15-53(73)65-55(49)74/h5-13,28-31,34-36,40,42,49H,14-27,32-33H2,1-4H3,(H,65,73,74)(H2,61,63,64,66). The van der Waals surface area contributed by atoms with Crippen LogP contribution in [0.1, 0.15) is 72.1 Å². The van der Waals surface area contributed by atoms with Crippen molar-refractivity contribution in [2.24, 2.45) is 12.5 Å². The maximum Gasteiger partial charge on any atom is 0.262 e. The highest BCUT2D eigenvalue weighted by Gasteiger charge is 2.49. The van der Waals surface area contributed by atoms with Crippen LogP contribution >= 0.6 is 18.7 Å². The molecule has 410 valence electrons. The number of nitrogens with one attached hydrogen (secondary N) is 3. The molecule has 1 aliphatic carbocycles. The SMILES string of the molecule is COc1cc(N2CCC(N3CCN(C4CC5(CCN(c6ccc7c(c6)C(=O)N(C6CCC(=O)NC6=O)C7=O)CC5)C4)CC3)CC2)c(-c2cnn(C)c2)cc1Nc1ncc(Cl)c(Nc2ccc(-c3ccccc3)cc2P(C)(C)=O)n1. The van der Waals surface area contributed by atoms with Gasteiger partial charge in [0.15, 0.2) is 5.82 Å². The fourth-order valence-electron chi connectivity index (χ4n) is 13.0. The van der Waals surface area contributed by atoms with Crippen LogP contribution in [0.15, 0.2) is 97.5 Å². The topological polar surface area (TPSA) is 190 Å². The highest BCUT2D eigenvalue weighted by Crippen LogP contribution is 2.52. The summed E-state index contributed by atoms with van der Waals surface area (Å²) >= 11 is 6.73. The van der Waals surface area contributed by atoms with Crippen LogP contribution in [-0.2, 0) is 21.2 Å². The zero-order valence-corrected chi connectivity index (χ0v) is 46.7. The zero-order chi connectivity index (χ0) is 54.7. The van der Waals surface area contributed by atoms with Gasteiger partial charge in [-0.15, -0.1) is 0 Å². The number of halogens is 1. The minimum absolute atomic E-state index is 0.0965. The molecule has 1 unspecified atom stereocenters. The Balaban J connectivity index is 0.654. The molecule has 20 heteroatoms. The fourth-order valence-corrected chi connectivity index (χ4v) is 14.3. The molecule has 18 nitrogen and oxygen atoms in total. The normalized spacial score (nSPS) is 20.4. The van der Waals surface area contributed by atoms with Gasteiger partial charge in [-0.2, -0.15) is 10.1 Å². The molecular formula is C59H66ClN12O6P. The van der Waals surface area contributed by atoms with Crippen LogP contribution in [0, 0.1) is 5.41 Å². The van der Waals surface area contributed by atoms with Gasteiger partial charge in [-0.05, 0) is 111 Å². The van der Waals surface area contributed by atoms with E-state index in [1.165, 1.54) is 12.8 Å². The first-order valence-electron chi connectivity index (χ1n) is 27.5. The van der Waals surface area contributed by atoms with Crippen molar-refractivity contribution in [2.75, 3.05) is 93.2 Å². The third-order valence-corrected chi connectivity index (χ3v) is 19.2. The molecule has 4 aromatic carbocycles. The van der Waals surface area contributed by atoms with Crippen molar-refractivity contribution in [3.05, 3.63) is 114 Å². The molecule has 0 bridgehead atoms. The maximum atomic E-state index is 13.7. The largest absolute Gasteiger partial charge is 0.494 e. The lowest BCUT2D eigenvalue weighted by Gasteiger charge is -2.57. The number of rotatable bonds is 13. The van der Waals surface area contributed by atoms with Crippen molar-refractivity contribution in [3.63, 3.8) is 0 Å². The third kappa shape index (κ3) is 10.4. The Bertz CT molecular complexity index is 3410. The van der Waals surface area contributed by atoms with E-state index in [9.17, 15) is 23.7 Å². The summed E-state index contributed by atoms with van der Waals surface area (Å²) in [5.74, 6) is -0.594. The molecule has 5 aliphatic heterocycles. The first kappa shape index (κ1) is 52.6. The number of methoxy groups -OCH3 is 1. The molecule has 5 fully saturated rings. The zero-order valence-electron chi connectivity index (χ0n) is 45.1. The molecule has 1 spiro atoms. The summed E-state index contributed by atoms with van der Waals surface area (Å²) < 4.78 is 21.6. The molecular weight excluding hydrogens is 1040 g/mol. The van der Waals surface area contributed by atoms with Crippen molar-refractivity contribution in [1.29, 1.82) is 0 Å². The maximum absolute atomic E-state index is 13.7. The number of ether oxygens (including phenoxy) is 1. The van der Waals surface area contributed by atoms with Crippen LogP contribution in [0.3, 0.4) is 0 Å². The fraction of sp³-hybridized carbons (Fsp3) is 0.407. The number of benzene rings is 4. The van der Waals surface area contributed by atoms with E-state index < -0.39 is 30.9 Å². The molecule has 1 saturated carbocycles. The summed E-state index contributed by atoms with van der Waals surface area (Å²) in [5.41, 5.74) is 8.34. The first-order chi connectivity index (χ1) is 38.1. The van der Waals surface area contributed by atoms with Crippen molar-refractivity contribution >= 4 is 82.2 Å². The van der Waals surface area contributed by atoms with E-state index in [1.54, 1.807) is 32.7 Å². The molecule has 12 rings (SSSR count). The third-order valence-electron chi connectivity index (χ3n) is 17.4. The lowest BCUT2D eigenvalue weighted by Crippen LogP contribution is -2.60. The summed E-state index contributed by atoms with van der Waals surface area (Å²) in [5, 5.41) is 14.6. The van der Waals surface area contributed by atoms with Crippen molar-refractivity contribution in [2.45, 2.75) is 69.5 Å². The Labute approximate surface area is 465 Å². The second-order valence-electron chi connectivity index (χ2n) is 22.6. The molecule has 6 aromatic rings. The number of carbonyl (C=O) groups is 4. The monoisotopic (exact) mass is 1100 g/mol. The predicted octanol–water partition coefficient (Wildman–Crippen LogP) is 8.38. The lowest BCUT2D eigenvalue weighted by atomic mass is 9.60. The Kier molecular flexibility index (Phi) is 14.1. The summed E-state index contributed by atoms with van der Waals surface area (Å²) in [6.45, 7) is 11.4. The Morgan fingerprint density at radius 1 is 0.722 bits per heavy atom. The van der Waals surface area contributed by atoms with Gasteiger partial charge in [0.2, 0.25) is 17.8 Å². The second-order valence-corrected chi connectivity index (χ2v) is 26.2. The summed E-state index contributed by atoms with van der Waals surface area (Å²) in [4.78, 5) is 71.7. The highest BCUT2D eigenvalue weighted by molar-refractivity contribution is 7.70. The van der Waals surface area contributed by atoms with E-state index in [0.29, 0.717) is 67.8 Å². The summed E-state index contributed by atoms with van der Waals surface area (Å²) in [6.07, 6.45) is 12.4. The quantitative estimate of drug-likeness (QED) is 0.0738. The number of nitrogens with zero attached hydrogens (tertiary/aromatic N) is 9. The van der Waals surface area contributed by atoms with Crippen LogP contribution in [0.25, 0.3) is 22.3 Å².